The van der Waals surface area contributed by atoms with Crippen LogP contribution in [0.25, 0.3) is 0 Å². The summed E-state index contributed by atoms with van der Waals surface area (Å²) in [7, 11) is 4.39. The van der Waals surface area contributed by atoms with Crippen LogP contribution in [0, 0.1) is 11.8 Å². The molecule has 12 nitrogen and oxygen atoms in total. The zero-order chi connectivity index (χ0) is 27.8. The Morgan fingerprint density at radius 3 is 1.90 bits per heavy atom. The van der Waals surface area contributed by atoms with Gasteiger partial charge in [0.1, 0.15) is 24.4 Å². The molecule has 0 spiro atoms. The zero-order valence-corrected chi connectivity index (χ0v) is 21.8. The molecule has 214 valence electrons. The van der Waals surface area contributed by atoms with Gasteiger partial charge in [-0.25, -0.2) is 0 Å². The summed E-state index contributed by atoms with van der Waals surface area (Å²) in [6.45, 7) is 0.327. The van der Waals surface area contributed by atoms with Crippen molar-refractivity contribution in [2.45, 2.75) is 42.9 Å². The Morgan fingerprint density at radius 2 is 1.33 bits per heavy atom. The number of hydrogen-bond acceptors (Lipinski definition) is 12. The van der Waals surface area contributed by atoms with Gasteiger partial charge < -0.3 is 58.7 Å². The number of phenols is 1. The summed E-state index contributed by atoms with van der Waals surface area (Å²) in [6, 6.07) is 8.65. The van der Waals surface area contributed by atoms with Gasteiger partial charge in [-0.15, -0.1) is 0 Å². The molecule has 3 fully saturated rings. The van der Waals surface area contributed by atoms with Crippen molar-refractivity contribution in [2.24, 2.45) is 11.8 Å². The van der Waals surface area contributed by atoms with E-state index in [1.807, 2.05) is 6.07 Å². The van der Waals surface area contributed by atoms with Crippen LogP contribution >= 0.6 is 0 Å². The highest BCUT2D eigenvalue weighted by Crippen LogP contribution is 2.53. The average Bonchev–Trinajstić information content (AvgIpc) is 3.56. The molecule has 2 aromatic rings. The van der Waals surface area contributed by atoms with Gasteiger partial charge in [-0.1, -0.05) is 6.07 Å². The van der Waals surface area contributed by atoms with Crippen LogP contribution in [0.2, 0.25) is 0 Å². The second kappa shape index (κ2) is 11.3. The molecule has 0 aromatic heterocycles. The van der Waals surface area contributed by atoms with Crippen LogP contribution in [0.1, 0.15) is 23.3 Å². The molecule has 0 bridgehead atoms. The number of methoxy groups -OCH3 is 3. The quantitative estimate of drug-likeness (QED) is 0.312. The SMILES string of the molecule is COc1cc([C@@H]2OC[C@H]3[C@H]2CO[C@@H]3c2cc(OC)c(O[C@H]3O[C@H](CO)[C@@H](O)[C@H](O)[C@H]3O)c(OC)c2)ccc1O. The predicted molar refractivity (Wildman–Crippen MR) is 133 cm³/mol. The first-order valence-electron chi connectivity index (χ1n) is 12.6. The molecule has 5 rings (SSSR count). The van der Waals surface area contributed by atoms with E-state index in [4.69, 9.17) is 33.2 Å². The van der Waals surface area contributed by atoms with Crippen molar-refractivity contribution in [2.75, 3.05) is 41.2 Å². The average molecular weight is 551 g/mol. The van der Waals surface area contributed by atoms with E-state index >= 15 is 0 Å². The molecular weight excluding hydrogens is 516 g/mol. The normalized spacial score (nSPS) is 34.0. The summed E-state index contributed by atoms with van der Waals surface area (Å²) >= 11 is 0. The molecule has 0 saturated carbocycles. The van der Waals surface area contributed by atoms with Gasteiger partial charge >= 0.3 is 0 Å². The Labute approximate surface area is 225 Å². The number of aromatic hydroxyl groups is 1. The molecule has 3 aliphatic heterocycles. The lowest BCUT2D eigenvalue weighted by Gasteiger charge is -2.39. The molecule has 5 N–H and O–H groups in total. The van der Waals surface area contributed by atoms with E-state index in [0.717, 1.165) is 11.1 Å². The molecule has 0 unspecified atom stereocenters. The molecule has 2 aromatic carbocycles. The van der Waals surface area contributed by atoms with E-state index in [1.165, 1.54) is 21.3 Å². The van der Waals surface area contributed by atoms with Crippen LogP contribution in [0.5, 0.6) is 28.7 Å². The molecule has 3 saturated heterocycles. The van der Waals surface area contributed by atoms with Crippen LogP contribution in [0.15, 0.2) is 30.3 Å². The summed E-state index contributed by atoms with van der Waals surface area (Å²) in [4.78, 5) is 0. The Morgan fingerprint density at radius 1 is 0.769 bits per heavy atom. The summed E-state index contributed by atoms with van der Waals surface area (Å²) in [5.41, 5.74) is 1.66. The summed E-state index contributed by atoms with van der Waals surface area (Å²) < 4.78 is 40.2. The van der Waals surface area contributed by atoms with Crippen LogP contribution in [-0.4, -0.2) is 97.4 Å². The van der Waals surface area contributed by atoms with E-state index in [1.54, 1.807) is 24.3 Å². The minimum Gasteiger partial charge on any atom is -0.504 e. The number of ether oxygens (including phenoxy) is 7. The minimum absolute atomic E-state index is 0.0291. The second-order valence-electron chi connectivity index (χ2n) is 9.84. The second-order valence-corrected chi connectivity index (χ2v) is 9.84. The van der Waals surface area contributed by atoms with Crippen molar-refractivity contribution in [3.63, 3.8) is 0 Å². The molecule has 0 aliphatic carbocycles. The van der Waals surface area contributed by atoms with Crippen LogP contribution < -0.4 is 18.9 Å². The van der Waals surface area contributed by atoms with Crippen molar-refractivity contribution in [1.29, 1.82) is 0 Å². The van der Waals surface area contributed by atoms with Crippen molar-refractivity contribution < 1.29 is 58.7 Å². The smallest absolute Gasteiger partial charge is 0.229 e. The predicted octanol–water partition coefficient (Wildman–Crippen LogP) is 0.672. The molecule has 0 radical (unpaired) electrons. The standard InChI is InChI=1S/C27H34O12/c1-33-17-6-12(4-5-16(17)29)24-14-10-37-25(15(14)11-36-24)13-7-18(34-2)26(19(8-13)35-3)39-27-23(32)22(31)21(30)20(9-28)38-27/h4-8,14-15,20-25,27-32H,9-11H2,1-3H3/t14-,15+,20-,21-,22+,23-,24+,25-,27-/m1/s1. The fourth-order valence-corrected chi connectivity index (χ4v) is 5.57. The first kappa shape index (κ1) is 27.7. The van der Waals surface area contributed by atoms with Crippen molar-refractivity contribution >= 4 is 0 Å². The number of aliphatic hydroxyl groups is 4. The Hall–Kier alpha value is -2.84. The number of benzene rings is 2. The van der Waals surface area contributed by atoms with Gasteiger partial charge in [0.05, 0.1) is 53.4 Å². The van der Waals surface area contributed by atoms with E-state index in [0.29, 0.717) is 19.0 Å². The maximum atomic E-state index is 10.4. The number of rotatable bonds is 8. The van der Waals surface area contributed by atoms with Crippen molar-refractivity contribution in [1.82, 2.24) is 0 Å². The van der Waals surface area contributed by atoms with E-state index in [2.05, 4.69) is 0 Å². The highest BCUT2D eigenvalue weighted by atomic mass is 16.7. The Bertz CT molecular complexity index is 1130. The monoisotopic (exact) mass is 550 g/mol. The molecule has 3 aliphatic rings. The highest BCUT2D eigenvalue weighted by Gasteiger charge is 2.49. The van der Waals surface area contributed by atoms with E-state index < -0.39 is 37.3 Å². The number of aliphatic hydroxyl groups excluding tert-OH is 4. The van der Waals surface area contributed by atoms with Crippen molar-refractivity contribution in [3.8, 4) is 28.7 Å². The topological polar surface area (TPSA) is 166 Å². The van der Waals surface area contributed by atoms with Crippen molar-refractivity contribution in [3.05, 3.63) is 41.5 Å². The van der Waals surface area contributed by atoms with Gasteiger partial charge in [0, 0.05) is 11.8 Å². The number of phenolic OH excluding ortho intramolecular Hbond substituents is 1. The highest BCUT2D eigenvalue weighted by molar-refractivity contribution is 5.55. The lowest BCUT2D eigenvalue weighted by Crippen LogP contribution is -2.60. The van der Waals surface area contributed by atoms with Gasteiger partial charge in [0.2, 0.25) is 12.0 Å². The van der Waals surface area contributed by atoms with Crippen LogP contribution in [0.3, 0.4) is 0 Å². The largest absolute Gasteiger partial charge is 0.504 e. The molecule has 0 amide bonds. The maximum absolute atomic E-state index is 10.4. The summed E-state index contributed by atoms with van der Waals surface area (Å²) in [6.07, 6.45) is -7.80. The fraction of sp³-hybridized carbons (Fsp3) is 0.556. The van der Waals surface area contributed by atoms with Crippen LogP contribution in [-0.2, 0) is 14.2 Å². The third kappa shape index (κ3) is 4.97. The minimum atomic E-state index is -1.60. The molecule has 39 heavy (non-hydrogen) atoms. The molecule has 3 heterocycles. The first-order valence-corrected chi connectivity index (χ1v) is 12.6. The van der Waals surface area contributed by atoms with Crippen LogP contribution in [0.4, 0.5) is 0 Å². The molecular formula is C27H34O12. The van der Waals surface area contributed by atoms with Gasteiger partial charge in [-0.2, -0.15) is 0 Å². The third-order valence-electron chi connectivity index (χ3n) is 7.69. The summed E-state index contributed by atoms with van der Waals surface area (Å²) in [5, 5.41) is 50.1. The third-order valence-corrected chi connectivity index (χ3v) is 7.69. The fourth-order valence-electron chi connectivity index (χ4n) is 5.57. The number of fused-ring (bicyclic) bond motifs is 1. The lowest BCUT2D eigenvalue weighted by molar-refractivity contribution is -0.277. The zero-order valence-electron chi connectivity index (χ0n) is 21.8. The Kier molecular flexibility index (Phi) is 8.06. The first-order chi connectivity index (χ1) is 18.8. The Balaban J connectivity index is 1.38. The van der Waals surface area contributed by atoms with Gasteiger partial charge in [0.25, 0.3) is 0 Å². The van der Waals surface area contributed by atoms with E-state index in [9.17, 15) is 25.5 Å². The van der Waals surface area contributed by atoms with Gasteiger partial charge in [-0.3, -0.25) is 0 Å². The summed E-state index contributed by atoms with van der Waals surface area (Å²) in [5.74, 6) is 1.17. The molecule has 9 atom stereocenters. The van der Waals surface area contributed by atoms with E-state index in [-0.39, 0.29) is 47.0 Å². The molecule has 12 heteroatoms. The van der Waals surface area contributed by atoms with Gasteiger partial charge in [-0.05, 0) is 35.4 Å². The lowest BCUT2D eigenvalue weighted by atomic mass is 9.84. The number of hydrogen-bond donors (Lipinski definition) is 5. The maximum Gasteiger partial charge on any atom is 0.229 e. The van der Waals surface area contributed by atoms with Gasteiger partial charge in [0.15, 0.2) is 23.0 Å².